The maximum atomic E-state index is 11.2. The number of nitro benzene ring substituents is 1. The molecule has 2 rings (SSSR count). The van der Waals surface area contributed by atoms with Gasteiger partial charge >= 0.3 is 5.69 Å². The summed E-state index contributed by atoms with van der Waals surface area (Å²) in [6.45, 7) is 2.03. The van der Waals surface area contributed by atoms with E-state index in [1.165, 1.54) is 6.07 Å². The number of hydrogen-bond acceptors (Lipinski definition) is 4. The maximum Gasteiger partial charge on any atom is 0.312 e. The van der Waals surface area contributed by atoms with Crippen molar-refractivity contribution in [2.24, 2.45) is 5.73 Å². The number of benzene rings is 2. The fraction of sp³-hybridized carbons (Fsp3) is 0.143. The second kappa shape index (κ2) is 6.55. The molecule has 0 aliphatic heterocycles. The minimum absolute atomic E-state index is 0.0900. The molecule has 2 N–H and O–H groups in total. The van der Waals surface area contributed by atoms with Crippen LogP contribution in [0.15, 0.2) is 39.3 Å². The van der Waals surface area contributed by atoms with Crippen molar-refractivity contribution >= 4 is 37.5 Å². The molecule has 2 aromatic carbocycles. The molecule has 0 aliphatic carbocycles. The second-order valence-electron chi connectivity index (χ2n) is 4.39. The van der Waals surface area contributed by atoms with Gasteiger partial charge in [-0.1, -0.05) is 31.9 Å². The minimum atomic E-state index is -0.464. The van der Waals surface area contributed by atoms with Gasteiger partial charge in [-0.05, 0) is 36.8 Å². The normalized spacial score (nSPS) is 10.5. The van der Waals surface area contributed by atoms with Crippen LogP contribution in [-0.4, -0.2) is 4.92 Å². The molecule has 0 heterocycles. The molecular weight excluding hydrogens is 404 g/mol. The largest absolute Gasteiger partial charge is 0.450 e. The van der Waals surface area contributed by atoms with Crippen LogP contribution in [0.4, 0.5) is 5.69 Å². The standard InChI is InChI=1S/C14H12Br2N2O3/c1-8-4-11(16)6-12(18(19)20)14(8)21-13-3-2-10(15)5-9(13)7-17/h2-6H,7,17H2,1H3. The van der Waals surface area contributed by atoms with Crippen molar-refractivity contribution in [2.45, 2.75) is 13.5 Å². The summed E-state index contributed by atoms with van der Waals surface area (Å²) in [6.07, 6.45) is 0. The van der Waals surface area contributed by atoms with Gasteiger partial charge in [-0.2, -0.15) is 0 Å². The zero-order chi connectivity index (χ0) is 15.6. The molecule has 0 aliphatic rings. The SMILES string of the molecule is Cc1cc(Br)cc([N+](=O)[O-])c1Oc1ccc(Br)cc1CN. The summed E-state index contributed by atoms with van der Waals surface area (Å²) in [5.41, 5.74) is 7.03. The van der Waals surface area contributed by atoms with E-state index < -0.39 is 4.92 Å². The van der Waals surface area contributed by atoms with Crippen LogP contribution in [0.2, 0.25) is 0 Å². The summed E-state index contributed by atoms with van der Waals surface area (Å²) in [5.74, 6) is 0.731. The van der Waals surface area contributed by atoms with E-state index in [0.29, 0.717) is 15.8 Å². The average molecular weight is 416 g/mol. The van der Waals surface area contributed by atoms with Gasteiger partial charge in [0.15, 0.2) is 0 Å². The third-order valence-corrected chi connectivity index (χ3v) is 3.82. The van der Waals surface area contributed by atoms with Crippen molar-refractivity contribution < 1.29 is 9.66 Å². The molecule has 0 aromatic heterocycles. The van der Waals surface area contributed by atoms with Crippen LogP contribution in [0.5, 0.6) is 11.5 Å². The first-order valence-corrected chi connectivity index (χ1v) is 7.62. The fourth-order valence-corrected chi connectivity index (χ4v) is 2.87. The lowest BCUT2D eigenvalue weighted by Gasteiger charge is -2.13. The monoisotopic (exact) mass is 414 g/mol. The van der Waals surface area contributed by atoms with E-state index >= 15 is 0 Å². The number of aryl methyl sites for hydroxylation is 1. The van der Waals surface area contributed by atoms with E-state index in [2.05, 4.69) is 31.9 Å². The molecule has 0 fully saturated rings. The third-order valence-electron chi connectivity index (χ3n) is 2.87. The van der Waals surface area contributed by atoms with Crippen LogP contribution in [-0.2, 0) is 6.54 Å². The Morgan fingerprint density at radius 3 is 2.57 bits per heavy atom. The highest BCUT2D eigenvalue weighted by molar-refractivity contribution is 9.10. The van der Waals surface area contributed by atoms with Gasteiger partial charge in [-0.15, -0.1) is 0 Å². The second-order valence-corrected chi connectivity index (χ2v) is 6.22. The minimum Gasteiger partial charge on any atom is -0.450 e. The molecule has 0 unspecified atom stereocenters. The molecule has 0 saturated heterocycles. The lowest BCUT2D eigenvalue weighted by atomic mass is 10.1. The summed E-state index contributed by atoms with van der Waals surface area (Å²) in [6, 6.07) is 8.55. The molecule has 2 aromatic rings. The summed E-state index contributed by atoms with van der Waals surface area (Å²) < 4.78 is 7.28. The zero-order valence-corrected chi connectivity index (χ0v) is 14.3. The lowest BCUT2D eigenvalue weighted by molar-refractivity contribution is -0.385. The van der Waals surface area contributed by atoms with Gasteiger partial charge in [0.25, 0.3) is 0 Å². The van der Waals surface area contributed by atoms with Crippen LogP contribution >= 0.6 is 31.9 Å². The maximum absolute atomic E-state index is 11.2. The van der Waals surface area contributed by atoms with Crippen molar-refractivity contribution in [3.8, 4) is 11.5 Å². The van der Waals surface area contributed by atoms with Crippen LogP contribution in [0, 0.1) is 17.0 Å². The summed E-state index contributed by atoms with van der Waals surface area (Å²) >= 11 is 6.61. The van der Waals surface area contributed by atoms with Crippen molar-refractivity contribution in [3.05, 3.63) is 60.5 Å². The first-order valence-electron chi connectivity index (χ1n) is 6.03. The van der Waals surface area contributed by atoms with Crippen LogP contribution < -0.4 is 10.5 Å². The van der Waals surface area contributed by atoms with Gasteiger partial charge in [0.1, 0.15) is 5.75 Å². The van der Waals surface area contributed by atoms with E-state index in [4.69, 9.17) is 10.5 Å². The van der Waals surface area contributed by atoms with E-state index in [9.17, 15) is 10.1 Å². The first kappa shape index (κ1) is 15.9. The number of hydrogen-bond donors (Lipinski definition) is 1. The predicted molar refractivity (Wildman–Crippen MR) is 87.6 cm³/mol. The van der Waals surface area contributed by atoms with Gasteiger partial charge < -0.3 is 10.5 Å². The highest BCUT2D eigenvalue weighted by atomic mass is 79.9. The number of halogens is 2. The Bertz CT molecular complexity index is 705. The van der Waals surface area contributed by atoms with Crippen molar-refractivity contribution in [2.75, 3.05) is 0 Å². The highest BCUT2D eigenvalue weighted by Crippen LogP contribution is 2.38. The Morgan fingerprint density at radius 1 is 1.24 bits per heavy atom. The molecule has 0 bridgehead atoms. The van der Waals surface area contributed by atoms with E-state index in [0.717, 1.165) is 10.0 Å². The Balaban J connectivity index is 2.51. The molecule has 0 atom stereocenters. The fourth-order valence-electron chi connectivity index (χ4n) is 1.90. The molecular formula is C14H12Br2N2O3. The molecule has 21 heavy (non-hydrogen) atoms. The van der Waals surface area contributed by atoms with Gasteiger partial charge in [-0.25, -0.2) is 0 Å². The lowest BCUT2D eigenvalue weighted by Crippen LogP contribution is -2.01. The van der Waals surface area contributed by atoms with Crippen LogP contribution in [0.1, 0.15) is 11.1 Å². The molecule has 0 saturated carbocycles. The van der Waals surface area contributed by atoms with Gasteiger partial charge in [0, 0.05) is 27.1 Å². The smallest absolute Gasteiger partial charge is 0.312 e. The molecule has 0 radical (unpaired) electrons. The topological polar surface area (TPSA) is 78.4 Å². The molecule has 7 heteroatoms. The van der Waals surface area contributed by atoms with E-state index in [1.54, 1.807) is 25.1 Å². The van der Waals surface area contributed by atoms with Crippen molar-refractivity contribution in [3.63, 3.8) is 0 Å². The average Bonchev–Trinajstić information content (AvgIpc) is 2.42. The van der Waals surface area contributed by atoms with Gasteiger partial charge in [-0.3, -0.25) is 10.1 Å². The quantitative estimate of drug-likeness (QED) is 0.580. The molecule has 110 valence electrons. The third kappa shape index (κ3) is 3.61. The van der Waals surface area contributed by atoms with Crippen LogP contribution in [0.3, 0.4) is 0 Å². The summed E-state index contributed by atoms with van der Waals surface area (Å²) in [7, 11) is 0. The Kier molecular flexibility index (Phi) is 4.97. The van der Waals surface area contributed by atoms with E-state index in [1.807, 2.05) is 6.07 Å². The van der Waals surface area contributed by atoms with Gasteiger partial charge in [0.2, 0.25) is 5.75 Å². The number of nitrogens with zero attached hydrogens (tertiary/aromatic N) is 1. The van der Waals surface area contributed by atoms with Crippen LogP contribution in [0.25, 0.3) is 0 Å². The molecule has 0 spiro atoms. The van der Waals surface area contributed by atoms with Crippen molar-refractivity contribution in [1.82, 2.24) is 0 Å². The highest BCUT2D eigenvalue weighted by Gasteiger charge is 2.20. The number of rotatable bonds is 4. The number of nitro groups is 1. The Labute approximate surface area is 138 Å². The summed E-state index contributed by atoms with van der Waals surface area (Å²) in [5, 5.41) is 11.2. The Hall–Kier alpha value is -1.44. The zero-order valence-electron chi connectivity index (χ0n) is 11.1. The van der Waals surface area contributed by atoms with Crippen molar-refractivity contribution in [1.29, 1.82) is 0 Å². The van der Waals surface area contributed by atoms with E-state index in [-0.39, 0.29) is 18.0 Å². The number of ether oxygens (including phenoxy) is 1. The summed E-state index contributed by atoms with van der Waals surface area (Å²) in [4.78, 5) is 10.7. The molecule has 5 nitrogen and oxygen atoms in total. The van der Waals surface area contributed by atoms with Gasteiger partial charge in [0.05, 0.1) is 4.92 Å². The number of nitrogens with two attached hydrogens (primary N) is 1. The predicted octanol–water partition coefficient (Wildman–Crippen LogP) is 4.68. The Morgan fingerprint density at radius 2 is 1.95 bits per heavy atom. The molecule has 0 amide bonds. The first-order chi connectivity index (χ1) is 9.92.